The Morgan fingerprint density at radius 3 is 2.71 bits per heavy atom. The van der Waals surface area contributed by atoms with Crippen LogP contribution < -0.4 is 10.5 Å². The topological polar surface area (TPSA) is 78.4 Å². The summed E-state index contributed by atoms with van der Waals surface area (Å²) >= 11 is 5.59. The first-order valence-electron chi connectivity index (χ1n) is 3.77. The maximum atomic E-state index is 10.6. The monoisotopic (exact) mass is 216 g/mol. The lowest BCUT2D eigenvalue weighted by atomic mass is 10.1. The molecule has 0 bridgehead atoms. The number of halogens is 1. The summed E-state index contributed by atoms with van der Waals surface area (Å²) in [4.78, 5) is 10.0. The van der Waals surface area contributed by atoms with Crippen molar-refractivity contribution >= 4 is 23.0 Å². The van der Waals surface area contributed by atoms with Gasteiger partial charge in [0.15, 0.2) is 5.75 Å². The fourth-order valence-corrected chi connectivity index (χ4v) is 1.28. The molecule has 1 aromatic carbocycles. The van der Waals surface area contributed by atoms with Gasteiger partial charge in [0.1, 0.15) is 0 Å². The first-order chi connectivity index (χ1) is 6.60. The quantitative estimate of drug-likeness (QED) is 0.362. The molecule has 0 heterocycles. The number of nitrogen functional groups attached to an aromatic ring is 1. The van der Waals surface area contributed by atoms with Crippen molar-refractivity contribution in [2.45, 2.75) is 5.88 Å². The zero-order valence-electron chi connectivity index (χ0n) is 7.49. The van der Waals surface area contributed by atoms with Crippen molar-refractivity contribution in [1.82, 2.24) is 0 Å². The molecule has 0 saturated carbocycles. The molecular weight excluding hydrogens is 208 g/mol. The molecule has 0 radical (unpaired) electrons. The SMILES string of the molecule is COc1cc(CCl)c(N)cc1[N+](=O)[O-]. The molecule has 0 saturated heterocycles. The molecule has 6 heteroatoms. The first kappa shape index (κ1) is 10.6. The summed E-state index contributed by atoms with van der Waals surface area (Å²) in [5.41, 5.74) is 6.31. The summed E-state index contributed by atoms with van der Waals surface area (Å²) in [6.07, 6.45) is 0. The third kappa shape index (κ3) is 1.88. The van der Waals surface area contributed by atoms with E-state index in [2.05, 4.69) is 0 Å². The Morgan fingerprint density at radius 2 is 2.29 bits per heavy atom. The Bertz CT molecular complexity index is 368. The molecule has 0 spiro atoms. The summed E-state index contributed by atoms with van der Waals surface area (Å²) in [5.74, 6) is 0.361. The zero-order chi connectivity index (χ0) is 10.7. The number of nitrogens with two attached hydrogens (primary N) is 1. The maximum absolute atomic E-state index is 10.6. The van der Waals surface area contributed by atoms with E-state index >= 15 is 0 Å². The van der Waals surface area contributed by atoms with Crippen LogP contribution in [0.1, 0.15) is 5.56 Å². The second-order valence-corrected chi connectivity index (χ2v) is 2.88. The third-order valence-corrected chi connectivity index (χ3v) is 2.07. The van der Waals surface area contributed by atoms with Crippen LogP contribution in [-0.4, -0.2) is 12.0 Å². The lowest BCUT2D eigenvalue weighted by Gasteiger charge is -2.06. The number of hydrogen-bond acceptors (Lipinski definition) is 4. The molecule has 0 fully saturated rings. The number of nitro benzene ring substituents is 1. The average Bonchev–Trinajstić information content (AvgIpc) is 2.17. The Balaban J connectivity index is 3.31. The normalized spacial score (nSPS) is 9.86. The summed E-state index contributed by atoms with van der Waals surface area (Å²) in [6, 6.07) is 2.72. The number of ether oxygens (including phenoxy) is 1. The van der Waals surface area contributed by atoms with Gasteiger partial charge in [0.2, 0.25) is 0 Å². The molecule has 1 rings (SSSR count). The molecule has 5 nitrogen and oxygen atoms in total. The summed E-state index contributed by atoms with van der Waals surface area (Å²) < 4.78 is 4.85. The van der Waals surface area contributed by atoms with E-state index < -0.39 is 4.92 Å². The van der Waals surface area contributed by atoms with E-state index in [4.69, 9.17) is 22.1 Å². The van der Waals surface area contributed by atoms with E-state index in [1.807, 2.05) is 0 Å². The summed E-state index contributed by atoms with van der Waals surface area (Å²) in [7, 11) is 1.36. The molecule has 2 N–H and O–H groups in total. The molecule has 0 unspecified atom stereocenters. The second-order valence-electron chi connectivity index (χ2n) is 2.61. The number of methoxy groups -OCH3 is 1. The van der Waals surface area contributed by atoms with Crippen LogP contribution in [0, 0.1) is 10.1 Å². The molecule has 0 atom stereocenters. The van der Waals surface area contributed by atoms with Gasteiger partial charge in [0.25, 0.3) is 0 Å². The highest BCUT2D eigenvalue weighted by atomic mass is 35.5. The van der Waals surface area contributed by atoms with Crippen LogP contribution in [0.5, 0.6) is 5.75 Å². The van der Waals surface area contributed by atoms with Gasteiger partial charge in [-0.1, -0.05) is 0 Å². The standard InChI is InChI=1S/C8H9ClN2O3/c1-14-8-2-5(4-9)6(10)3-7(8)11(12)13/h2-3H,4,10H2,1H3. The summed E-state index contributed by atoms with van der Waals surface area (Å²) in [6.45, 7) is 0. The zero-order valence-corrected chi connectivity index (χ0v) is 8.25. The Kier molecular flexibility index (Phi) is 3.14. The highest BCUT2D eigenvalue weighted by molar-refractivity contribution is 6.17. The van der Waals surface area contributed by atoms with Gasteiger partial charge in [-0.15, -0.1) is 11.6 Å². The maximum Gasteiger partial charge on any atom is 0.312 e. The van der Waals surface area contributed by atoms with Crippen molar-refractivity contribution in [2.24, 2.45) is 0 Å². The van der Waals surface area contributed by atoms with Gasteiger partial charge in [-0.2, -0.15) is 0 Å². The van der Waals surface area contributed by atoms with Crippen molar-refractivity contribution < 1.29 is 9.66 Å². The van der Waals surface area contributed by atoms with E-state index in [-0.39, 0.29) is 17.3 Å². The van der Waals surface area contributed by atoms with Crippen LogP contribution in [0.3, 0.4) is 0 Å². The van der Waals surface area contributed by atoms with E-state index in [9.17, 15) is 10.1 Å². The molecule has 0 amide bonds. The van der Waals surface area contributed by atoms with E-state index in [0.717, 1.165) is 0 Å². The molecule has 0 aromatic heterocycles. The van der Waals surface area contributed by atoms with Gasteiger partial charge in [-0.25, -0.2) is 0 Å². The van der Waals surface area contributed by atoms with Crippen molar-refractivity contribution in [3.05, 3.63) is 27.8 Å². The highest BCUT2D eigenvalue weighted by Crippen LogP contribution is 2.32. The molecule has 76 valence electrons. The van der Waals surface area contributed by atoms with Crippen molar-refractivity contribution in [3.63, 3.8) is 0 Å². The van der Waals surface area contributed by atoms with Gasteiger partial charge in [-0.05, 0) is 11.6 Å². The van der Waals surface area contributed by atoms with Crippen LogP contribution in [0.4, 0.5) is 11.4 Å². The second kappa shape index (κ2) is 4.15. The molecule has 1 aromatic rings. The van der Waals surface area contributed by atoms with Crippen LogP contribution in [0.15, 0.2) is 12.1 Å². The number of anilines is 1. The fraction of sp³-hybridized carbons (Fsp3) is 0.250. The van der Waals surface area contributed by atoms with Crippen LogP contribution in [0.2, 0.25) is 0 Å². The van der Waals surface area contributed by atoms with Gasteiger partial charge in [0.05, 0.1) is 12.0 Å². The number of nitro groups is 1. The van der Waals surface area contributed by atoms with E-state index in [1.54, 1.807) is 0 Å². The van der Waals surface area contributed by atoms with Gasteiger partial charge < -0.3 is 10.5 Å². The minimum Gasteiger partial charge on any atom is -0.490 e. The third-order valence-electron chi connectivity index (χ3n) is 1.78. The number of hydrogen-bond donors (Lipinski definition) is 1. The van der Waals surface area contributed by atoms with Crippen LogP contribution in [0.25, 0.3) is 0 Å². The number of benzene rings is 1. The van der Waals surface area contributed by atoms with Gasteiger partial charge in [0, 0.05) is 17.6 Å². The lowest BCUT2D eigenvalue weighted by molar-refractivity contribution is -0.385. The molecule has 0 aliphatic carbocycles. The summed E-state index contributed by atoms with van der Waals surface area (Å²) in [5, 5.41) is 10.6. The lowest BCUT2D eigenvalue weighted by Crippen LogP contribution is -1.99. The Hall–Kier alpha value is -1.49. The van der Waals surface area contributed by atoms with Gasteiger partial charge in [-0.3, -0.25) is 10.1 Å². The van der Waals surface area contributed by atoms with Crippen molar-refractivity contribution in [2.75, 3.05) is 12.8 Å². The van der Waals surface area contributed by atoms with Crippen LogP contribution in [-0.2, 0) is 5.88 Å². The van der Waals surface area contributed by atoms with E-state index in [1.165, 1.54) is 19.2 Å². The van der Waals surface area contributed by atoms with Crippen LogP contribution >= 0.6 is 11.6 Å². The Morgan fingerprint density at radius 1 is 1.64 bits per heavy atom. The van der Waals surface area contributed by atoms with Gasteiger partial charge >= 0.3 is 5.69 Å². The smallest absolute Gasteiger partial charge is 0.312 e. The first-order valence-corrected chi connectivity index (χ1v) is 4.30. The predicted octanol–water partition coefficient (Wildman–Crippen LogP) is 1.92. The largest absolute Gasteiger partial charge is 0.490 e. The highest BCUT2D eigenvalue weighted by Gasteiger charge is 2.17. The Labute approximate surface area is 85.6 Å². The fourth-order valence-electron chi connectivity index (χ4n) is 1.05. The molecule has 0 aliphatic heterocycles. The molecular formula is C8H9ClN2O3. The van der Waals surface area contributed by atoms with Crippen molar-refractivity contribution in [3.8, 4) is 5.75 Å². The minimum atomic E-state index is -0.548. The number of nitrogens with zero attached hydrogens (tertiary/aromatic N) is 1. The molecule has 14 heavy (non-hydrogen) atoms. The predicted molar refractivity (Wildman–Crippen MR) is 53.6 cm³/mol. The molecule has 0 aliphatic rings. The number of rotatable bonds is 3. The number of alkyl halides is 1. The minimum absolute atomic E-state index is 0.154. The van der Waals surface area contributed by atoms with Crippen molar-refractivity contribution in [1.29, 1.82) is 0 Å². The average molecular weight is 217 g/mol. The van der Waals surface area contributed by atoms with E-state index in [0.29, 0.717) is 11.3 Å².